The molecule has 3 nitrogen and oxygen atoms in total. The number of rotatable bonds is 5. The Kier molecular flexibility index (Phi) is 4.69. The van der Waals surface area contributed by atoms with Crippen LogP contribution in [0.5, 0.6) is 11.5 Å². The second kappa shape index (κ2) is 6.48. The van der Waals surface area contributed by atoms with Crippen LogP contribution in [0.25, 0.3) is 0 Å². The van der Waals surface area contributed by atoms with Gasteiger partial charge in [0.1, 0.15) is 17.3 Å². The van der Waals surface area contributed by atoms with Gasteiger partial charge in [-0.05, 0) is 24.3 Å². The van der Waals surface area contributed by atoms with Gasteiger partial charge in [0, 0.05) is 23.2 Å². The minimum Gasteiger partial charge on any atom is -0.497 e. The van der Waals surface area contributed by atoms with E-state index in [1.165, 1.54) is 6.07 Å². The summed E-state index contributed by atoms with van der Waals surface area (Å²) in [6, 6.07) is 10.0. The fraction of sp³-hybridized carbons (Fsp3) is 0.200. The Hall–Kier alpha value is -1.94. The molecule has 20 heavy (non-hydrogen) atoms. The molecule has 0 unspecified atom stereocenters. The first kappa shape index (κ1) is 14.5. The smallest absolute Gasteiger partial charge is 0.145 e. The van der Waals surface area contributed by atoms with Crippen molar-refractivity contribution in [3.05, 3.63) is 52.8 Å². The van der Waals surface area contributed by atoms with Gasteiger partial charge in [-0.25, -0.2) is 4.39 Å². The van der Waals surface area contributed by atoms with Gasteiger partial charge in [0.15, 0.2) is 0 Å². The molecule has 0 amide bonds. The molecule has 5 heteroatoms. The van der Waals surface area contributed by atoms with Crippen LogP contribution in [0.4, 0.5) is 10.1 Å². The van der Waals surface area contributed by atoms with E-state index in [0.717, 1.165) is 5.69 Å². The van der Waals surface area contributed by atoms with E-state index < -0.39 is 0 Å². The predicted octanol–water partition coefficient (Wildman–Crippen LogP) is 4.11. The van der Waals surface area contributed by atoms with E-state index in [1.807, 2.05) is 12.1 Å². The number of methoxy groups -OCH3 is 2. The van der Waals surface area contributed by atoms with E-state index in [4.69, 9.17) is 21.1 Å². The van der Waals surface area contributed by atoms with Gasteiger partial charge in [0.25, 0.3) is 0 Å². The first-order chi connectivity index (χ1) is 9.63. The van der Waals surface area contributed by atoms with Gasteiger partial charge in [-0.2, -0.15) is 0 Å². The lowest BCUT2D eigenvalue weighted by atomic mass is 10.2. The van der Waals surface area contributed by atoms with Gasteiger partial charge in [-0.3, -0.25) is 0 Å². The molecule has 0 saturated heterocycles. The molecule has 0 aliphatic carbocycles. The molecule has 0 atom stereocenters. The first-order valence-electron chi connectivity index (χ1n) is 6.04. The van der Waals surface area contributed by atoms with Crippen LogP contribution < -0.4 is 14.8 Å². The topological polar surface area (TPSA) is 30.5 Å². The molecule has 0 radical (unpaired) electrons. The average Bonchev–Trinajstić information content (AvgIpc) is 2.46. The Morgan fingerprint density at radius 1 is 1.10 bits per heavy atom. The molecule has 2 rings (SSSR count). The molecule has 0 spiro atoms. The van der Waals surface area contributed by atoms with Gasteiger partial charge < -0.3 is 14.8 Å². The Morgan fingerprint density at radius 3 is 2.55 bits per heavy atom. The second-order valence-electron chi connectivity index (χ2n) is 4.16. The molecule has 0 bridgehead atoms. The van der Waals surface area contributed by atoms with Crippen LogP contribution in [-0.4, -0.2) is 14.2 Å². The summed E-state index contributed by atoms with van der Waals surface area (Å²) < 4.78 is 24.1. The lowest BCUT2D eigenvalue weighted by Crippen LogP contribution is -2.03. The van der Waals surface area contributed by atoms with Crippen molar-refractivity contribution in [1.82, 2.24) is 0 Å². The molecule has 1 N–H and O–H groups in total. The molecule has 106 valence electrons. The standard InChI is InChI=1S/C15H15ClFNO2/c1-19-12-5-6-14(15(8-12)20-2)18-9-10-3-4-11(16)7-13(10)17/h3-8,18H,9H2,1-2H3. The quantitative estimate of drug-likeness (QED) is 0.900. The van der Waals surface area contributed by atoms with Crippen molar-refractivity contribution in [2.24, 2.45) is 0 Å². The van der Waals surface area contributed by atoms with E-state index in [9.17, 15) is 4.39 Å². The number of benzene rings is 2. The van der Waals surface area contributed by atoms with Crippen LogP contribution in [0.15, 0.2) is 36.4 Å². The maximum absolute atomic E-state index is 13.7. The third-order valence-corrected chi connectivity index (χ3v) is 3.13. The molecule has 2 aromatic carbocycles. The highest BCUT2D eigenvalue weighted by Gasteiger charge is 2.07. The molecule has 0 aliphatic heterocycles. The fourth-order valence-electron chi connectivity index (χ4n) is 1.80. The van der Waals surface area contributed by atoms with Crippen molar-refractivity contribution in [3.63, 3.8) is 0 Å². The van der Waals surface area contributed by atoms with Gasteiger partial charge in [-0.1, -0.05) is 17.7 Å². The number of hydrogen-bond donors (Lipinski definition) is 1. The number of ether oxygens (including phenoxy) is 2. The van der Waals surface area contributed by atoms with Crippen LogP contribution >= 0.6 is 11.6 Å². The average molecular weight is 296 g/mol. The number of anilines is 1. The number of halogens is 2. The van der Waals surface area contributed by atoms with E-state index >= 15 is 0 Å². The van der Waals surface area contributed by atoms with Gasteiger partial charge in [-0.15, -0.1) is 0 Å². The summed E-state index contributed by atoms with van der Waals surface area (Å²) in [6.45, 7) is 0.339. The predicted molar refractivity (Wildman–Crippen MR) is 78.3 cm³/mol. The third kappa shape index (κ3) is 3.33. The fourth-order valence-corrected chi connectivity index (χ4v) is 1.96. The lowest BCUT2D eigenvalue weighted by molar-refractivity contribution is 0.395. The van der Waals surface area contributed by atoms with Crippen molar-refractivity contribution >= 4 is 17.3 Å². The molecule has 0 aliphatic rings. The molecular formula is C15H15ClFNO2. The molecule has 0 aromatic heterocycles. The third-order valence-electron chi connectivity index (χ3n) is 2.89. The van der Waals surface area contributed by atoms with Gasteiger partial charge in [0.2, 0.25) is 0 Å². The Bertz CT molecular complexity index is 604. The summed E-state index contributed by atoms with van der Waals surface area (Å²) in [7, 11) is 3.16. The second-order valence-corrected chi connectivity index (χ2v) is 4.59. The SMILES string of the molecule is COc1ccc(NCc2ccc(Cl)cc2F)c(OC)c1. The highest BCUT2D eigenvalue weighted by Crippen LogP contribution is 2.29. The summed E-state index contributed by atoms with van der Waals surface area (Å²) in [5, 5.41) is 3.51. The summed E-state index contributed by atoms with van der Waals surface area (Å²) in [6.07, 6.45) is 0. The van der Waals surface area contributed by atoms with Crippen molar-refractivity contribution < 1.29 is 13.9 Å². The Labute approximate surface area is 122 Å². The van der Waals surface area contributed by atoms with E-state index in [2.05, 4.69) is 5.32 Å². The molecule has 2 aromatic rings. The van der Waals surface area contributed by atoms with Gasteiger partial charge in [0.05, 0.1) is 19.9 Å². The normalized spacial score (nSPS) is 10.2. The maximum atomic E-state index is 13.7. The van der Waals surface area contributed by atoms with Crippen LogP contribution in [0, 0.1) is 5.82 Å². The summed E-state index contributed by atoms with van der Waals surface area (Å²) in [4.78, 5) is 0. The Balaban J connectivity index is 2.14. The van der Waals surface area contributed by atoms with Crippen LogP contribution in [0.2, 0.25) is 5.02 Å². The lowest BCUT2D eigenvalue weighted by Gasteiger charge is -2.13. The Morgan fingerprint density at radius 2 is 1.90 bits per heavy atom. The van der Waals surface area contributed by atoms with Crippen LogP contribution in [-0.2, 0) is 6.54 Å². The minimum atomic E-state index is -0.336. The first-order valence-corrected chi connectivity index (χ1v) is 6.41. The van der Waals surface area contributed by atoms with Crippen molar-refractivity contribution in [3.8, 4) is 11.5 Å². The van der Waals surface area contributed by atoms with Crippen molar-refractivity contribution in [1.29, 1.82) is 0 Å². The van der Waals surface area contributed by atoms with Crippen LogP contribution in [0.3, 0.4) is 0 Å². The minimum absolute atomic E-state index is 0.336. The van der Waals surface area contributed by atoms with E-state index in [0.29, 0.717) is 28.6 Å². The van der Waals surface area contributed by atoms with Crippen LogP contribution in [0.1, 0.15) is 5.56 Å². The molecule has 0 saturated carbocycles. The zero-order valence-electron chi connectivity index (χ0n) is 11.2. The van der Waals surface area contributed by atoms with Crippen molar-refractivity contribution in [2.45, 2.75) is 6.54 Å². The summed E-state index contributed by atoms with van der Waals surface area (Å²) >= 11 is 5.72. The highest BCUT2D eigenvalue weighted by atomic mass is 35.5. The zero-order valence-corrected chi connectivity index (χ0v) is 12.0. The monoisotopic (exact) mass is 295 g/mol. The largest absolute Gasteiger partial charge is 0.497 e. The number of hydrogen-bond acceptors (Lipinski definition) is 3. The maximum Gasteiger partial charge on any atom is 0.145 e. The summed E-state index contributed by atoms with van der Waals surface area (Å²) in [5.74, 6) is 1.00. The highest BCUT2D eigenvalue weighted by molar-refractivity contribution is 6.30. The van der Waals surface area contributed by atoms with Crippen molar-refractivity contribution in [2.75, 3.05) is 19.5 Å². The van der Waals surface area contributed by atoms with Gasteiger partial charge >= 0.3 is 0 Å². The van der Waals surface area contributed by atoms with E-state index in [-0.39, 0.29) is 5.82 Å². The van der Waals surface area contributed by atoms with E-state index in [1.54, 1.807) is 32.4 Å². The zero-order chi connectivity index (χ0) is 14.5. The summed E-state index contributed by atoms with van der Waals surface area (Å²) in [5.41, 5.74) is 1.30. The molecule has 0 fully saturated rings. The molecular weight excluding hydrogens is 281 g/mol. The molecule has 0 heterocycles. The number of nitrogens with one attached hydrogen (secondary N) is 1.